The first-order valence-electron chi connectivity index (χ1n) is 6.03. The molecule has 0 amide bonds. The summed E-state index contributed by atoms with van der Waals surface area (Å²) in [4.78, 5) is 11.4. The van der Waals surface area contributed by atoms with Gasteiger partial charge in [0.25, 0.3) is 0 Å². The lowest BCUT2D eigenvalue weighted by atomic mass is 10.1. The third kappa shape index (κ3) is 3.30. The van der Waals surface area contributed by atoms with Crippen molar-refractivity contribution in [3.05, 3.63) is 35.4 Å². The maximum atomic E-state index is 11.4. The van der Waals surface area contributed by atoms with Gasteiger partial charge in [-0.3, -0.25) is 9.36 Å². The average Bonchev–Trinajstić information content (AvgIpc) is 2.78. The van der Waals surface area contributed by atoms with Crippen molar-refractivity contribution < 1.29 is 9.53 Å². The summed E-state index contributed by atoms with van der Waals surface area (Å²) in [6.07, 6.45) is 0.272. The Balaban J connectivity index is 2.09. The minimum absolute atomic E-state index is 0.245. The van der Waals surface area contributed by atoms with Gasteiger partial charge in [-0.05, 0) is 11.1 Å². The highest BCUT2D eigenvalue weighted by Crippen LogP contribution is 2.23. The van der Waals surface area contributed by atoms with Crippen molar-refractivity contribution in [1.29, 1.82) is 0 Å². The third-order valence-electron chi connectivity index (χ3n) is 2.91. The average molecular weight is 292 g/mol. The molecule has 1 heterocycles. The molecule has 0 aliphatic heterocycles. The molecular weight excluding hydrogens is 276 g/mol. The number of esters is 1. The lowest BCUT2D eigenvalue weighted by Crippen LogP contribution is -2.06. The number of ether oxygens (including phenoxy) is 1. The molecule has 6 nitrogen and oxygen atoms in total. The number of anilines is 1. The zero-order valence-corrected chi connectivity index (χ0v) is 12.2. The number of carbonyl (C=O) groups excluding carboxylic acids is 1. The zero-order chi connectivity index (χ0) is 14.5. The summed E-state index contributed by atoms with van der Waals surface area (Å²) in [5, 5.41) is 8.55. The van der Waals surface area contributed by atoms with Crippen LogP contribution in [0.2, 0.25) is 0 Å². The molecule has 0 saturated heterocycles. The Kier molecular flexibility index (Phi) is 4.62. The smallest absolute Gasteiger partial charge is 0.309 e. The maximum absolute atomic E-state index is 11.4. The second-order valence-corrected chi connectivity index (χ2v) is 5.15. The van der Waals surface area contributed by atoms with Crippen LogP contribution in [0.4, 0.5) is 5.95 Å². The van der Waals surface area contributed by atoms with Crippen LogP contribution >= 0.6 is 11.8 Å². The summed E-state index contributed by atoms with van der Waals surface area (Å²) in [6, 6.07) is 7.78. The first-order valence-corrected chi connectivity index (χ1v) is 7.01. The Morgan fingerprint density at radius 2 is 2.05 bits per heavy atom. The van der Waals surface area contributed by atoms with E-state index in [0.717, 1.165) is 16.3 Å². The number of nitrogens with zero attached hydrogens (tertiary/aromatic N) is 3. The topological polar surface area (TPSA) is 83.0 Å². The van der Waals surface area contributed by atoms with Crippen LogP contribution in [0.25, 0.3) is 0 Å². The molecule has 0 radical (unpaired) electrons. The molecule has 1 aromatic carbocycles. The molecule has 2 N–H and O–H groups in total. The number of methoxy groups -OCH3 is 1. The molecule has 1 aromatic heterocycles. The zero-order valence-electron chi connectivity index (χ0n) is 11.4. The van der Waals surface area contributed by atoms with Gasteiger partial charge >= 0.3 is 5.97 Å². The van der Waals surface area contributed by atoms with Gasteiger partial charge in [0.15, 0.2) is 5.16 Å². The van der Waals surface area contributed by atoms with E-state index in [2.05, 4.69) is 10.2 Å². The molecule has 0 saturated carbocycles. The molecule has 0 aliphatic rings. The number of thioether (sulfide) groups is 1. The first kappa shape index (κ1) is 14.4. The van der Waals surface area contributed by atoms with Gasteiger partial charge in [0.1, 0.15) is 0 Å². The van der Waals surface area contributed by atoms with Crippen LogP contribution < -0.4 is 5.73 Å². The van der Waals surface area contributed by atoms with Crippen molar-refractivity contribution in [3.63, 3.8) is 0 Å². The van der Waals surface area contributed by atoms with E-state index in [-0.39, 0.29) is 12.4 Å². The van der Waals surface area contributed by atoms with E-state index in [1.807, 2.05) is 31.3 Å². The minimum Gasteiger partial charge on any atom is -0.469 e. The highest BCUT2D eigenvalue weighted by Gasteiger charge is 2.10. The van der Waals surface area contributed by atoms with Crippen molar-refractivity contribution in [3.8, 4) is 0 Å². The SMILES string of the molecule is COC(=O)Cc1ccccc1CSc1nnc(N)n1C. The van der Waals surface area contributed by atoms with Crippen molar-refractivity contribution >= 4 is 23.7 Å². The minimum atomic E-state index is -0.245. The van der Waals surface area contributed by atoms with Gasteiger partial charge in [0, 0.05) is 12.8 Å². The van der Waals surface area contributed by atoms with Gasteiger partial charge < -0.3 is 10.5 Å². The molecule has 0 spiro atoms. The van der Waals surface area contributed by atoms with Crippen LogP contribution in [0, 0.1) is 0 Å². The Morgan fingerprint density at radius 3 is 2.65 bits per heavy atom. The van der Waals surface area contributed by atoms with E-state index in [9.17, 15) is 4.79 Å². The fourth-order valence-corrected chi connectivity index (χ4v) is 2.64. The Labute approximate surface area is 121 Å². The van der Waals surface area contributed by atoms with Crippen LogP contribution in [-0.4, -0.2) is 27.8 Å². The van der Waals surface area contributed by atoms with Crippen LogP contribution in [0.5, 0.6) is 0 Å². The highest BCUT2D eigenvalue weighted by molar-refractivity contribution is 7.98. The van der Waals surface area contributed by atoms with E-state index in [4.69, 9.17) is 10.5 Å². The number of hydrogen-bond donors (Lipinski definition) is 1. The van der Waals surface area contributed by atoms with Crippen molar-refractivity contribution in [2.45, 2.75) is 17.3 Å². The summed E-state index contributed by atoms with van der Waals surface area (Å²) >= 11 is 1.53. The third-order valence-corrected chi connectivity index (χ3v) is 3.98. The van der Waals surface area contributed by atoms with Gasteiger partial charge in [-0.15, -0.1) is 10.2 Å². The Hall–Kier alpha value is -2.02. The molecule has 2 rings (SSSR count). The fourth-order valence-electron chi connectivity index (χ4n) is 1.69. The second kappa shape index (κ2) is 6.42. The lowest BCUT2D eigenvalue weighted by Gasteiger charge is -2.08. The van der Waals surface area contributed by atoms with Gasteiger partial charge in [-0.25, -0.2) is 0 Å². The van der Waals surface area contributed by atoms with Gasteiger partial charge in [-0.2, -0.15) is 0 Å². The van der Waals surface area contributed by atoms with Crippen molar-refractivity contribution in [2.75, 3.05) is 12.8 Å². The molecule has 0 atom stereocenters. The Bertz CT molecular complexity index is 612. The van der Waals surface area contributed by atoms with E-state index < -0.39 is 0 Å². The molecule has 7 heteroatoms. The fraction of sp³-hybridized carbons (Fsp3) is 0.308. The van der Waals surface area contributed by atoms with Crippen molar-refractivity contribution in [1.82, 2.24) is 14.8 Å². The van der Waals surface area contributed by atoms with Crippen LogP contribution in [0.1, 0.15) is 11.1 Å². The van der Waals surface area contributed by atoms with Crippen LogP contribution in [0.3, 0.4) is 0 Å². The highest BCUT2D eigenvalue weighted by atomic mass is 32.2. The molecule has 0 fully saturated rings. The van der Waals surface area contributed by atoms with Crippen LogP contribution in [0.15, 0.2) is 29.4 Å². The van der Waals surface area contributed by atoms with E-state index in [0.29, 0.717) is 11.7 Å². The molecule has 0 unspecified atom stereocenters. The molecule has 0 bridgehead atoms. The number of carbonyl (C=O) groups is 1. The predicted molar refractivity (Wildman–Crippen MR) is 77.1 cm³/mol. The summed E-state index contributed by atoms with van der Waals surface area (Å²) in [5.41, 5.74) is 7.67. The summed E-state index contributed by atoms with van der Waals surface area (Å²) < 4.78 is 6.44. The number of rotatable bonds is 5. The van der Waals surface area contributed by atoms with Gasteiger partial charge in [0.2, 0.25) is 5.95 Å². The standard InChI is InChI=1S/C13H16N4O2S/c1-17-12(14)15-16-13(17)20-8-10-6-4-3-5-9(10)7-11(18)19-2/h3-6H,7-8H2,1-2H3,(H2,14,15). The first-order chi connectivity index (χ1) is 9.61. The summed E-state index contributed by atoms with van der Waals surface area (Å²) in [5.74, 6) is 0.833. The molecule has 106 valence electrons. The Morgan fingerprint density at radius 1 is 1.35 bits per heavy atom. The van der Waals surface area contributed by atoms with Gasteiger partial charge in [0.05, 0.1) is 13.5 Å². The van der Waals surface area contributed by atoms with Crippen molar-refractivity contribution in [2.24, 2.45) is 7.05 Å². The number of aromatic nitrogens is 3. The van der Waals surface area contributed by atoms with E-state index in [1.54, 1.807) is 4.57 Å². The predicted octanol–water partition coefficient (Wildman–Crippen LogP) is 1.41. The molecular formula is C13H16N4O2S. The second-order valence-electron chi connectivity index (χ2n) is 4.21. The van der Waals surface area contributed by atoms with Gasteiger partial charge in [-0.1, -0.05) is 36.0 Å². The summed E-state index contributed by atoms with van der Waals surface area (Å²) in [7, 11) is 3.21. The quantitative estimate of drug-likeness (QED) is 0.662. The van der Waals surface area contributed by atoms with E-state index >= 15 is 0 Å². The maximum Gasteiger partial charge on any atom is 0.309 e. The lowest BCUT2D eigenvalue weighted by molar-refractivity contribution is -0.139. The largest absolute Gasteiger partial charge is 0.469 e. The van der Waals surface area contributed by atoms with E-state index in [1.165, 1.54) is 18.9 Å². The summed E-state index contributed by atoms with van der Waals surface area (Å²) in [6.45, 7) is 0. The van der Waals surface area contributed by atoms with Crippen LogP contribution in [-0.2, 0) is 28.8 Å². The molecule has 2 aromatic rings. The number of nitrogens with two attached hydrogens (primary N) is 1. The normalized spacial score (nSPS) is 10.5. The molecule has 20 heavy (non-hydrogen) atoms. The molecule has 0 aliphatic carbocycles. The monoisotopic (exact) mass is 292 g/mol. The number of nitrogen functional groups attached to an aromatic ring is 1. The number of benzene rings is 1. The number of hydrogen-bond acceptors (Lipinski definition) is 6.